The minimum absolute atomic E-state index is 0. The molecule has 0 saturated heterocycles. The number of hydrogen-bond acceptors (Lipinski definition) is 3. The second-order valence-electron chi connectivity index (χ2n) is 4.47. The number of rotatable bonds is 0. The fraction of sp³-hybridized carbons (Fsp3) is 0.583. The molecule has 0 aromatic carbocycles. The van der Waals surface area contributed by atoms with Crippen LogP contribution >= 0.6 is 0 Å². The van der Waals surface area contributed by atoms with Crippen molar-refractivity contribution in [2.45, 2.75) is 40.0 Å². The number of carbonyl (C=O) groups excluding carboxylic acids is 1. The Balaban J connectivity index is 0.000000336. The highest BCUT2D eigenvalue weighted by Crippen LogP contribution is 2.32. The highest BCUT2D eigenvalue weighted by atomic mass is 16.1. The molecule has 0 bridgehead atoms. The molecule has 0 aromatic heterocycles. The normalized spacial score (nSPS) is 17.7. The smallest absolute Gasteiger partial charge is 0.156 e. The molecule has 0 unspecified atom stereocenters. The topological polar surface area (TPSA) is 64.7 Å². The van der Waals surface area contributed by atoms with Crippen molar-refractivity contribution in [1.82, 2.24) is 0 Å². The molecule has 1 rings (SSSR count). The van der Waals surface area contributed by atoms with Crippen molar-refractivity contribution < 1.29 is 4.79 Å². The van der Waals surface area contributed by atoms with E-state index in [-0.39, 0.29) is 17.6 Å². The van der Waals surface area contributed by atoms with Crippen LogP contribution in [0.1, 0.15) is 40.0 Å². The summed E-state index contributed by atoms with van der Waals surface area (Å²) in [6.07, 6.45) is 3.55. The lowest BCUT2D eigenvalue weighted by Gasteiger charge is -2.27. The minimum Gasteiger partial charge on any atom is -0.295 e. The molecule has 15 heavy (non-hydrogen) atoms. The molecule has 0 amide bonds. The van der Waals surface area contributed by atoms with Gasteiger partial charge < -0.3 is 0 Å². The van der Waals surface area contributed by atoms with Crippen LogP contribution in [0.15, 0.2) is 11.6 Å². The van der Waals surface area contributed by atoms with E-state index in [2.05, 4.69) is 13.8 Å². The van der Waals surface area contributed by atoms with Crippen LogP contribution in [-0.2, 0) is 4.79 Å². The summed E-state index contributed by atoms with van der Waals surface area (Å²) >= 11 is 0. The molecule has 1 aliphatic carbocycles. The van der Waals surface area contributed by atoms with Gasteiger partial charge in [-0.2, -0.15) is 10.5 Å². The maximum absolute atomic E-state index is 11.0. The first-order valence-corrected chi connectivity index (χ1v) is 4.85. The summed E-state index contributed by atoms with van der Waals surface area (Å²) in [6.45, 7) is 6.31. The molecule has 3 nitrogen and oxygen atoms in total. The summed E-state index contributed by atoms with van der Waals surface area (Å²) < 4.78 is 0. The van der Waals surface area contributed by atoms with Crippen LogP contribution in [-0.4, -0.2) is 5.78 Å². The van der Waals surface area contributed by atoms with Crippen molar-refractivity contribution in [3.8, 4) is 12.1 Å². The predicted octanol–water partition coefficient (Wildman–Crippen LogP) is 2.75. The molecule has 0 aliphatic heterocycles. The summed E-state index contributed by atoms with van der Waals surface area (Å²) in [5.41, 5.74) is 1.43. The van der Waals surface area contributed by atoms with Gasteiger partial charge in [-0.05, 0) is 24.8 Å². The molecule has 0 radical (unpaired) electrons. The zero-order valence-electron chi connectivity index (χ0n) is 9.50. The summed E-state index contributed by atoms with van der Waals surface area (Å²) in [6, 6.07) is 3.31. The molecule has 0 spiro atoms. The van der Waals surface area contributed by atoms with Crippen LogP contribution in [0.3, 0.4) is 0 Å². The third kappa shape index (κ3) is 6.46. The van der Waals surface area contributed by atoms with Crippen molar-refractivity contribution in [2.75, 3.05) is 0 Å². The van der Waals surface area contributed by atoms with E-state index < -0.39 is 0 Å². The van der Waals surface area contributed by atoms with Gasteiger partial charge >= 0.3 is 0 Å². The second-order valence-corrected chi connectivity index (χ2v) is 4.47. The van der Waals surface area contributed by atoms with Crippen molar-refractivity contribution >= 4 is 5.78 Å². The molecule has 0 N–H and O–H groups in total. The summed E-state index contributed by atoms with van der Waals surface area (Å²) in [7, 11) is 0. The molecular formula is C12H16N2O. The molecule has 1 aliphatic rings. The Labute approximate surface area is 91.0 Å². The first kappa shape index (κ1) is 13.4. The van der Waals surface area contributed by atoms with E-state index in [1.54, 1.807) is 18.2 Å². The Hall–Kier alpha value is -1.61. The number of ketones is 1. The van der Waals surface area contributed by atoms with Gasteiger partial charge in [0, 0.05) is 6.42 Å². The van der Waals surface area contributed by atoms with Crippen LogP contribution in [0.2, 0.25) is 0 Å². The van der Waals surface area contributed by atoms with Crippen molar-refractivity contribution in [1.29, 1.82) is 10.5 Å². The first-order valence-electron chi connectivity index (χ1n) is 4.85. The average molecular weight is 204 g/mol. The second kappa shape index (κ2) is 5.98. The Morgan fingerprint density at radius 2 is 1.87 bits per heavy atom. The summed E-state index contributed by atoms with van der Waals surface area (Å²) in [5, 5.41) is 15.2. The lowest BCUT2D eigenvalue weighted by molar-refractivity contribution is -0.117. The third-order valence-electron chi connectivity index (χ3n) is 1.98. The van der Waals surface area contributed by atoms with E-state index >= 15 is 0 Å². The monoisotopic (exact) mass is 204 g/mol. The molecule has 80 valence electrons. The van der Waals surface area contributed by atoms with E-state index in [0.29, 0.717) is 6.42 Å². The molecule has 0 aromatic rings. The van der Waals surface area contributed by atoms with E-state index in [1.165, 1.54) is 5.57 Å². The molecule has 0 saturated carbocycles. The van der Waals surface area contributed by atoms with Gasteiger partial charge in [0.1, 0.15) is 6.42 Å². The third-order valence-corrected chi connectivity index (χ3v) is 1.98. The Kier molecular flexibility index (Phi) is 5.34. The van der Waals surface area contributed by atoms with Gasteiger partial charge in [-0.25, -0.2) is 0 Å². The largest absolute Gasteiger partial charge is 0.295 e. The molecule has 0 fully saturated rings. The summed E-state index contributed by atoms with van der Waals surface area (Å²) in [5.74, 6) is 0.286. The quantitative estimate of drug-likeness (QED) is 0.609. The van der Waals surface area contributed by atoms with Crippen LogP contribution < -0.4 is 0 Å². The van der Waals surface area contributed by atoms with E-state index in [1.807, 2.05) is 6.92 Å². The number of hydrogen-bond donors (Lipinski definition) is 0. The summed E-state index contributed by atoms with van der Waals surface area (Å²) in [4.78, 5) is 11.0. The molecule has 3 heteroatoms. The Bertz CT molecular complexity index is 328. The van der Waals surface area contributed by atoms with Gasteiger partial charge in [0.05, 0.1) is 12.1 Å². The SMILES string of the molecule is CC1=CC(=O)CC(C)(C)C1.N#CCC#N. The van der Waals surface area contributed by atoms with Crippen LogP contribution in [0.4, 0.5) is 0 Å². The van der Waals surface area contributed by atoms with Gasteiger partial charge in [-0.3, -0.25) is 4.79 Å². The number of allylic oxidation sites excluding steroid dienone is 2. The van der Waals surface area contributed by atoms with Gasteiger partial charge in [-0.15, -0.1) is 0 Å². The molecule has 0 heterocycles. The van der Waals surface area contributed by atoms with E-state index in [0.717, 1.165) is 6.42 Å². The molecular weight excluding hydrogens is 188 g/mol. The predicted molar refractivity (Wildman–Crippen MR) is 57.6 cm³/mol. The van der Waals surface area contributed by atoms with Gasteiger partial charge in [0.25, 0.3) is 0 Å². The fourth-order valence-corrected chi connectivity index (χ4v) is 1.70. The van der Waals surface area contributed by atoms with Gasteiger partial charge in [0.2, 0.25) is 0 Å². The average Bonchev–Trinajstić information content (AvgIpc) is 2.01. The highest BCUT2D eigenvalue weighted by Gasteiger charge is 2.25. The maximum Gasteiger partial charge on any atom is 0.156 e. The first-order chi connectivity index (χ1) is 6.91. The zero-order chi connectivity index (χ0) is 11.9. The number of nitriles is 2. The van der Waals surface area contributed by atoms with Crippen LogP contribution in [0.25, 0.3) is 0 Å². The lowest BCUT2D eigenvalue weighted by atomic mass is 9.77. The van der Waals surface area contributed by atoms with Gasteiger partial charge in [-0.1, -0.05) is 19.4 Å². The minimum atomic E-state index is 0. The number of carbonyl (C=O) groups is 1. The zero-order valence-corrected chi connectivity index (χ0v) is 9.50. The molecule has 0 atom stereocenters. The Morgan fingerprint density at radius 1 is 1.33 bits per heavy atom. The van der Waals surface area contributed by atoms with Crippen LogP contribution in [0.5, 0.6) is 0 Å². The van der Waals surface area contributed by atoms with Gasteiger partial charge in [0.15, 0.2) is 5.78 Å². The highest BCUT2D eigenvalue weighted by molar-refractivity contribution is 5.91. The fourth-order valence-electron chi connectivity index (χ4n) is 1.70. The number of nitrogens with zero attached hydrogens (tertiary/aromatic N) is 2. The van der Waals surface area contributed by atoms with Crippen molar-refractivity contribution in [3.63, 3.8) is 0 Å². The Morgan fingerprint density at radius 3 is 2.13 bits per heavy atom. The lowest BCUT2D eigenvalue weighted by Crippen LogP contribution is -2.20. The standard InChI is InChI=1S/C9H14O.C3H2N2/c1-7-4-8(10)6-9(2,3)5-7;4-2-1-3-5/h4H,5-6H2,1-3H3;1H2. The van der Waals surface area contributed by atoms with E-state index in [4.69, 9.17) is 10.5 Å². The maximum atomic E-state index is 11.0. The van der Waals surface area contributed by atoms with Crippen molar-refractivity contribution in [3.05, 3.63) is 11.6 Å². The van der Waals surface area contributed by atoms with E-state index in [9.17, 15) is 4.79 Å². The van der Waals surface area contributed by atoms with Crippen molar-refractivity contribution in [2.24, 2.45) is 5.41 Å². The van der Waals surface area contributed by atoms with Crippen LogP contribution in [0, 0.1) is 28.1 Å².